The molecule has 0 heterocycles. The largest absolute Gasteiger partial charge is 0.409 e. The molecule has 0 amide bonds. The van der Waals surface area contributed by atoms with Crippen LogP contribution < -0.4 is 5.73 Å². The van der Waals surface area contributed by atoms with Crippen LogP contribution in [-0.2, 0) is 6.54 Å². The molecule has 1 aromatic rings. The average Bonchev–Trinajstić information content (AvgIpc) is 2.29. The van der Waals surface area contributed by atoms with Crippen LogP contribution in [0, 0.1) is 0 Å². The highest BCUT2D eigenvalue weighted by molar-refractivity contribution is 5.98. The lowest BCUT2D eigenvalue weighted by atomic mass is 10.1. The fourth-order valence-electron chi connectivity index (χ4n) is 1.50. The summed E-state index contributed by atoms with van der Waals surface area (Å²) in [6.07, 6.45) is 0. The third-order valence-electron chi connectivity index (χ3n) is 2.32. The number of aliphatic hydroxyl groups excluding tert-OH is 1. The van der Waals surface area contributed by atoms with E-state index in [2.05, 4.69) is 5.16 Å². The molecule has 5 nitrogen and oxygen atoms in total. The number of nitrogens with two attached hydrogens (primary N) is 1. The molecule has 0 aliphatic carbocycles. The van der Waals surface area contributed by atoms with Crippen LogP contribution in [0.15, 0.2) is 29.4 Å². The Labute approximate surface area is 94.8 Å². The molecule has 0 unspecified atom stereocenters. The molecule has 1 aromatic carbocycles. The maximum absolute atomic E-state index is 8.81. The molecule has 4 N–H and O–H groups in total. The number of likely N-dealkylation sites (N-methyl/N-ethyl adjacent to an activating group) is 1. The highest BCUT2D eigenvalue weighted by Crippen LogP contribution is 2.10. The lowest BCUT2D eigenvalue weighted by Crippen LogP contribution is -2.24. The fourth-order valence-corrected chi connectivity index (χ4v) is 1.50. The van der Waals surface area contributed by atoms with Gasteiger partial charge < -0.3 is 16.0 Å². The van der Waals surface area contributed by atoms with E-state index in [0.29, 0.717) is 13.1 Å². The number of aliphatic hydroxyl groups is 1. The van der Waals surface area contributed by atoms with Crippen molar-refractivity contribution >= 4 is 5.84 Å². The summed E-state index contributed by atoms with van der Waals surface area (Å²) in [4.78, 5) is 1.96. The van der Waals surface area contributed by atoms with Crippen molar-refractivity contribution < 1.29 is 10.3 Å². The highest BCUT2D eigenvalue weighted by Gasteiger charge is 2.08. The third-order valence-corrected chi connectivity index (χ3v) is 2.32. The summed E-state index contributed by atoms with van der Waals surface area (Å²) in [5.74, 6) is 0.105. The molecule has 16 heavy (non-hydrogen) atoms. The lowest BCUT2D eigenvalue weighted by molar-refractivity contribution is 0.217. The molecule has 0 aromatic heterocycles. The van der Waals surface area contributed by atoms with Crippen LogP contribution in [0.5, 0.6) is 0 Å². The van der Waals surface area contributed by atoms with Crippen molar-refractivity contribution in [1.82, 2.24) is 4.90 Å². The first-order chi connectivity index (χ1) is 7.69. The average molecular weight is 223 g/mol. The smallest absolute Gasteiger partial charge is 0.170 e. The second-order valence-corrected chi connectivity index (χ2v) is 3.60. The minimum absolute atomic E-state index is 0.105. The second kappa shape index (κ2) is 6.09. The first kappa shape index (κ1) is 12.5. The summed E-state index contributed by atoms with van der Waals surface area (Å²) < 4.78 is 0. The molecule has 5 heteroatoms. The summed E-state index contributed by atoms with van der Waals surface area (Å²) >= 11 is 0. The van der Waals surface area contributed by atoms with Crippen molar-refractivity contribution in [2.45, 2.75) is 6.54 Å². The molecular formula is C11H17N3O2. The van der Waals surface area contributed by atoms with E-state index in [1.807, 2.05) is 30.1 Å². The maximum atomic E-state index is 8.81. The number of amidine groups is 1. The van der Waals surface area contributed by atoms with Crippen molar-refractivity contribution in [3.63, 3.8) is 0 Å². The van der Waals surface area contributed by atoms with Crippen LogP contribution in [0.3, 0.4) is 0 Å². The Hall–Kier alpha value is -1.59. The molecule has 0 aliphatic heterocycles. The van der Waals surface area contributed by atoms with Gasteiger partial charge in [0.05, 0.1) is 6.61 Å². The van der Waals surface area contributed by atoms with E-state index in [-0.39, 0.29) is 12.4 Å². The van der Waals surface area contributed by atoms with Gasteiger partial charge in [0, 0.05) is 18.7 Å². The number of hydrogen-bond acceptors (Lipinski definition) is 4. The summed E-state index contributed by atoms with van der Waals surface area (Å²) in [5, 5.41) is 20.5. The van der Waals surface area contributed by atoms with E-state index >= 15 is 0 Å². The van der Waals surface area contributed by atoms with Crippen LogP contribution in [0.1, 0.15) is 11.1 Å². The summed E-state index contributed by atoms with van der Waals surface area (Å²) in [6.45, 7) is 1.35. The Morgan fingerprint density at radius 1 is 1.44 bits per heavy atom. The molecule has 0 fully saturated rings. The van der Waals surface area contributed by atoms with Gasteiger partial charge in [0.2, 0.25) is 0 Å². The minimum Gasteiger partial charge on any atom is -0.409 e. The van der Waals surface area contributed by atoms with Gasteiger partial charge in [0.15, 0.2) is 5.84 Å². The maximum Gasteiger partial charge on any atom is 0.170 e. The third kappa shape index (κ3) is 3.22. The quantitative estimate of drug-likeness (QED) is 0.288. The predicted octanol–water partition coefficient (Wildman–Crippen LogP) is 0.205. The Kier molecular flexibility index (Phi) is 4.75. The summed E-state index contributed by atoms with van der Waals surface area (Å²) in [7, 11) is 1.90. The van der Waals surface area contributed by atoms with E-state index in [4.69, 9.17) is 16.0 Å². The number of benzene rings is 1. The summed E-state index contributed by atoms with van der Waals surface area (Å²) in [5.41, 5.74) is 7.26. The van der Waals surface area contributed by atoms with Crippen LogP contribution in [0.2, 0.25) is 0 Å². The van der Waals surface area contributed by atoms with Crippen molar-refractivity contribution in [3.05, 3.63) is 35.4 Å². The normalized spacial score (nSPS) is 12.1. The van der Waals surface area contributed by atoms with Gasteiger partial charge in [0.25, 0.3) is 0 Å². The number of nitrogens with zero attached hydrogens (tertiary/aromatic N) is 2. The SMILES string of the molecule is CN(CCO)Cc1ccccc1/C(N)=N/O. The molecule has 0 saturated heterocycles. The monoisotopic (exact) mass is 223 g/mol. The first-order valence-corrected chi connectivity index (χ1v) is 5.04. The van der Waals surface area contributed by atoms with Gasteiger partial charge >= 0.3 is 0 Å². The van der Waals surface area contributed by atoms with Crippen molar-refractivity contribution in [2.24, 2.45) is 10.9 Å². The zero-order valence-corrected chi connectivity index (χ0v) is 9.30. The van der Waals surface area contributed by atoms with E-state index in [1.54, 1.807) is 6.07 Å². The highest BCUT2D eigenvalue weighted by atomic mass is 16.4. The van der Waals surface area contributed by atoms with Gasteiger partial charge in [0.1, 0.15) is 0 Å². The van der Waals surface area contributed by atoms with Crippen molar-refractivity contribution in [1.29, 1.82) is 0 Å². The summed E-state index contributed by atoms with van der Waals surface area (Å²) in [6, 6.07) is 7.46. The van der Waals surface area contributed by atoms with Gasteiger partial charge in [-0.2, -0.15) is 0 Å². The van der Waals surface area contributed by atoms with Gasteiger partial charge in [-0.25, -0.2) is 0 Å². The van der Waals surface area contributed by atoms with E-state index < -0.39 is 0 Å². The zero-order chi connectivity index (χ0) is 12.0. The molecule has 0 radical (unpaired) electrons. The Morgan fingerprint density at radius 3 is 2.75 bits per heavy atom. The zero-order valence-electron chi connectivity index (χ0n) is 9.30. The van der Waals surface area contributed by atoms with Gasteiger partial charge in [-0.05, 0) is 12.6 Å². The number of oxime groups is 1. The second-order valence-electron chi connectivity index (χ2n) is 3.60. The van der Waals surface area contributed by atoms with Crippen molar-refractivity contribution in [2.75, 3.05) is 20.2 Å². The lowest BCUT2D eigenvalue weighted by Gasteiger charge is -2.17. The van der Waals surface area contributed by atoms with E-state index in [9.17, 15) is 0 Å². The molecule has 0 spiro atoms. The molecule has 88 valence electrons. The first-order valence-electron chi connectivity index (χ1n) is 5.04. The Morgan fingerprint density at radius 2 is 2.12 bits per heavy atom. The van der Waals surface area contributed by atoms with Crippen LogP contribution in [-0.4, -0.2) is 41.2 Å². The fraction of sp³-hybridized carbons (Fsp3) is 0.364. The van der Waals surface area contributed by atoms with E-state index in [1.165, 1.54) is 0 Å². The van der Waals surface area contributed by atoms with Crippen LogP contribution >= 0.6 is 0 Å². The van der Waals surface area contributed by atoms with Gasteiger partial charge in [-0.3, -0.25) is 4.90 Å². The van der Waals surface area contributed by atoms with Gasteiger partial charge in [-0.1, -0.05) is 29.4 Å². The van der Waals surface area contributed by atoms with Gasteiger partial charge in [-0.15, -0.1) is 0 Å². The molecule has 0 aliphatic rings. The molecule has 0 saturated carbocycles. The molecule has 0 bridgehead atoms. The topological polar surface area (TPSA) is 82.1 Å². The predicted molar refractivity (Wildman–Crippen MR) is 62.4 cm³/mol. The minimum atomic E-state index is 0.105. The van der Waals surface area contributed by atoms with Crippen LogP contribution in [0.4, 0.5) is 0 Å². The standard InChI is InChI=1S/C11H17N3O2/c1-14(6-7-15)8-9-4-2-3-5-10(9)11(12)13-16/h2-5,15-16H,6-8H2,1H3,(H2,12,13). The Bertz CT molecular complexity index is 366. The van der Waals surface area contributed by atoms with Crippen molar-refractivity contribution in [3.8, 4) is 0 Å². The van der Waals surface area contributed by atoms with E-state index in [0.717, 1.165) is 11.1 Å². The molecular weight excluding hydrogens is 206 g/mol. The molecule has 0 atom stereocenters. The van der Waals surface area contributed by atoms with Crippen LogP contribution in [0.25, 0.3) is 0 Å². The number of rotatable bonds is 5. The Balaban J connectivity index is 2.87. The number of hydrogen-bond donors (Lipinski definition) is 3. The molecule has 1 rings (SSSR count).